The van der Waals surface area contributed by atoms with Crippen molar-refractivity contribution in [1.82, 2.24) is 15.0 Å². The van der Waals surface area contributed by atoms with Gasteiger partial charge in [-0.25, -0.2) is 9.78 Å². The summed E-state index contributed by atoms with van der Waals surface area (Å²) < 4.78 is 11.1. The first-order valence-corrected chi connectivity index (χ1v) is 8.84. The molecule has 0 aliphatic carbocycles. The van der Waals surface area contributed by atoms with E-state index in [2.05, 4.69) is 20.3 Å². The summed E-state index contributed by atoms with van der Waals surface area (Å²) in [6.07, 6.45) is 3.45. The van der Waals surface area contributed by atoms with Crippen molar-refractivity contribution in [3.8, 4) is 5.75 Å². The van der Waals surface area contributed by atoms with Gasteiger partial charge in [-0.1, -0.05) is 23.2 Å². The van der Waals surface area contributed by atoms with Crippen LogP contribution in [-0.4, -0.2) is 45.3 Å². The highest BCUT2D eigenvalue weighted by atomic mass is 35.5. The second-order valence-corrected chi connectivity index (χ2v) is 6.78. The average molecular weight is 409 g/mol. The number of H-pyrrole nitrogens is 1. The van der Waals surface area contributed by atoms with Gasteiger partial charge in [0.25, 0.3) is 0 Å². The van der Waals surface area contributed by atoms with E-state index in [-0.39, 0.29) is 17.4 Å². The normalized spacial score (nSPS) is 16.6. The van der Waals surface area contributed by atoms with Crippen molar-refractivity contribution in [3.63, 3.8) is 0 Å². The third-order valence-corrected chi connectivity index (χ3v) is 4.67. The van der Waals surface area contributed by atoms with Crippen LogP contribution in [0.4, 0.5) is 11.6 Å². The topological polar surface area (TPSA) is 109 Å². The van der Waals surface area contributed by atoms with E-state index in [1.165, 1.54) is 18.5 Å². The molecule has 0 bridgehead atoms. The van der Waals surface area contributed by atoms with Crippen molar-refractivity contribution in [2.45, 2.75) is 12.5 Å². The van der Waals surface area contributed by atoms with E-state index in [1.807, 2.05) is 0 Å². The number of hydrogen-bond donors (Lipinski definition) is 3. The van der Waals surface area contributed by atoms with Gasteiger partial charge in [-0.15, -0.1) is 0 Å². The number of imidazole rings is 1. The fraction of sp³-hybridized carbons (Fsp3) is 0.235. The first-order chi connectivity index (χ1) is 13.0. The molecule has 0 saturated carbocycles. The lowest BCUT2D eigenvalue weighted by Gasteiger charge is -2.13. The molecule has 27 heavy (non-hydrogen) atoms. The third kappa shape index (κ3) is 3.64. The summed E-state index contributed by atoms with van der Waals surface area (Å²) in [5.74, 6) is -0.476. The van der Waals surface area contributed by atoms with Gasteiger partial charge in [0.2, 0.25) is 5.95 Å². The van der Waals surface area contributed by atoms with E-state index < -0.39 is 5.97 Å². The SMILES string of the molecule is O=C(O)c1cc2[nH]c(Nc3c(Cl)cncc3Cl)nc2cc1OC1CCOC1. The van der Waals surface area contributed by atoms with Gasteiger partial charge in [0.05, 0.1) is 40.0 Å². The summed E-state index contributed by atoms with van der Waals surface area (Å²) in [5.41, 5.74) is 1.57. The number of carboxylic acids is 1. The molecule has 1 aromatic carbocycles. The number of nitrogens with zero attached hydrogens (tertiary/aromatic N) is 2. The van der Waals surface area contributed by atoms with Crippen molar-refractivity contribution >= 4 is 51.8 Å². The lowest BCUT2D eigenvalue weighted by Crippen LogP contribution is -2.17. The molecular weight excluding hydrogens is 395 g/mol. The molecule has 1 saturated heterocycles. The number of aromatic nitrogens is 3. The number of rotatable bonds is 5. The molecular formula is C17H14Cl2N4O4. The van der Waals surface area contributed by atoms with Gasteiger partial charge in [0.1, 0.15) is 17.4 Å². The zero-order valence-electron chi connectivity index (χ0n) is 13.8. The predicted octanol–water partition coefficient (Wildman–Crippen LogP) is 3.87. The van der Waals surface area contributed by atoms with Crippen molar-refractivity contribution in [2.75, 3.05) is 18.5 Å². The minimum atomic E-state index is -1.09. The fourth-order valence-electron chi connectivity index (χ4n) is 2.80. The molecule has 140 valence electrons. The molecule has 0 radical (unpaired) electrons. The number of carboxylic acid groups (broad SMARTS) is 1. The van der Waals surface area contributed by atoms with Gasteiger partial charge < -0.3 is 24.9 Å². The van der Waals surface area contributed by atoms with Crippen LogP contribution in [0.1, 0.15) is 16.8 Å². The zero-order chi connectivity index (χ0) is 19.0. The Hall–Kier alpha value is -2.55. The molecule has 1 atom stereocenters. The zero-order valence-corrected chi connectivity index (χ0v) is 15.3. The Kier molecular flexibility index (Phi) is 4.77. The highest BCUT2D eigenvalue weighted by molar-refractivity contribution is 6.39. The molecule has 2 aromatic heterocycles. The number of pyridine rings is 1. The van der Waals surface area contributed by atoms with Gasteiger partial charge in [0, 0.05) is 24.9 Å². The van der Waals surface area contributed by atoms with Crippen LogP contribution in [0.3, 0.4) is 0 Å². The van der Waals surface area contributed by atoms with Crippen molar-refractivity contribution in [3.05, 3.63) is 40.1 Å². The van der Waals surface area contributed by atoms with Gasteiger partial charge in [-0.2, -0.15) is 0 Å². The number of aromatic amines is 1. The van der Waals surface area contributed by atoms with E-state index in [0.29, 0.717) is 52.3 Å². The number of hydrogen-bond acceptors (Lipinski definition) is 6. The van der Waals surface area contributed by atoms with Crippen LogP contribution in [0.15, 0.2) is 24.5 Å². The summed E-state index contributed by atoms with van der Waals surface area (Å²) in [7, 11) is 0. The van der Waals surface area contributed by atoms with E-state index in [4.69, 9.17) is 32.7 Å². The number of aromatic carboxylic acids is 1. The number of halogens is 2. The smallest absolute Gasteiger partial charge is 0.339 e. The van der Waals surface area contributed by atoms with Gasteiger partial charge >= 0.3 is 5.97 Å². The van der Waals surface area contributed by atoms with Crippen LogP contribution in [0.2, 0.25) is 10.0 Å². The second-order valence-electron chi connectivity index (χ2n) is 5.96. The average Bonchev–Trinajstić information content (AvgIpc) is 3.26. The Bertz CT molecular complexity index is 997. The highest BCUT2D eigenvalue weighted by Crippen LogP contribution is 2.33. The van der Waals surface area contributed by atoms with E-state index in [9.17, 15) is 9.90 Å². The molecule has 4 rings (SSSR count). The van der Waals surface area contributed by atoms with Gasteiger partial charge in [-0.3, -0.25) is 4.98 Å². The molecule has 3 heterocycles. The maximum absolute atomic E-state index is 11.6. The monoisotopic (exact) mass is 408 g/mol. The molecule has 1 fully saturated rings. The largest absolute Gasteiger partial charge is 0.487 e. The molecule has 1 aliphatic heterocycles. The Morgan fingerprint density at radius 1 is 1.33 bits per heavy atom. The van der Waals surface area contributed by atoms with E-state index >= 15 is 0 Å². The maximum Gasteiger partial charge on any atom is 0.339 e. The van der Waals surface area contributed by atoms with Crippen LogP contribution in [0, 0.1) is 0 Å². The van der Waals surface area contributed by atoms with Crippen molar-refractivity contribution in [2.24, 2.45) is 0 Å². The number of ether oxygens (including phenoxy) is 2. The molecule has 3 aromatic rings. The number of anilines is 2. The van der Waals surface area contributed by atoms with E-state index in [1.54, 1.807) is 6.07 Å². The number of nitrogens with one attached hydrogen (secondary N) is 2. The second kappa shape index (κ2) is 7.22. The summed E-state index contributed by atoms with van der Waals surface area (Å²) >= 11 is 12.2. The number of benzene rings is 1. The maximum atomic E-state index is 11.6. The molecule has 1 aliphatic rings. The summed E-state index contributed by atoms with van der Waals surface area (Å²) in [5, 5.41) is 13.2. The standard InChI is InChI=1S/C17H14Cl2N4O4/c18-10-5-20-6-11(19)15(10)23-17-21-12-3-9(16(24)25)14(4-13(12)22-17)27-8-1-2-26-7-8/h3-6,8H,1-2,7H2,(H,24,25)(H2,20,21,22,23). The molecule has 0 spiro atoms. The Morgan fingerprint density at radius 2 is 2.11 bits per heavy atom. The molecule has 10 heteroatoms. The Labute approximate surface area is 163 Å². The highest BCUT2D eigenvalue weighted by Gasteiger charge is 2.22. The molecule has 3 N–H and O–H groups in total. The molecule has 1 unspecified atom stereocenters. The van der Waals surface area contributed by atoms with Crippen LogP contribution >= 0.6 is 23.2 Å². The first kappa shape index (κ1) is 17.8. The number of carbonyl (C=O) groups is 1. The van der Waals surface area contributed by atoms with E-state index in [0.717, 1.165) is 0 Å². The van der Waals surface area contributed by atoms with Crippen molar-refractivity contribution < 1.29 is 19.4 Å². The van der Waals surface area contributed by atoms with Crippen LogP contribution in [-0.2, 0) is 4.74 Å². The molecule has 8 nitrogen and oxygen atoms in total. The predicted molar refractivity (Wildman–Crippen MR) is 100 cm³/mol. The minimum Gasteiger partial charge on any atom is -0.487 e. The van der Waals surface area contributed by atoms with Gasteiger partial charge in [0.15, 0.2) is 0 Å². The summed E-state index contributed by atoms with van der Waals surface area (Å²) in [6, 6.07) is 3.07. The third-order valence-electron chi connectivity index (χ3n) is 4.09. The van der Waals surface area contributed by atoms with Crippen LogP contribution < -0.4 is 10.1 Å². The lowest BCUT2D eigenvalue weighted by molar-refractivity contribution is 0.0687. The minimum absolute atomic E-state index is 0.0459. The quantitative estimate of drug-likeness (QED) is 0.587. The van der Waals surface area contributed by atoms with Crippen LogP contribution in [0.25, 0.3) is 11.0 Å². The lowest BCUT2D eigenvalue weighted by atomic mass is 10.1. The summed E-state index contributed by atoms with van der Waals surface area (Å²) in [6.45, 7) is 1.03. The van der Waals surface area contributed by atoms with Crippen molar-refractivity contribution in [1.29, 1.82) is 0 Å². The summed E-state index contributed by atoms with van der Waals surface area (Å²) in [4.78, 5) is 22.9. The Morgan fingerprint density at radius 3 is 2.78 bits per heavy atom. The fourth-order valence-corrected chi connectivity index (χ4v) is 3.26. The van der Waals surface area contributed by atoms with Gasteiger partial charge in [-0.05, 0) is 6.07 Å². The molecule has 0 amide bonds. The number of fused-ring (bicyclic) bond motifs is 1. The van der Waals surface area contributed by atoms with Crippen LogP contribution in [0.5, 0.6) is 5.75 Å². The Balaban J connectivity index is 1.70. The first-order valence-electron chi connectivity index (χ1n) is 8.09.